The van der Waals surface area contributed by atoms with Gasteiger partial charge in [0.05, 0.1) is 0 Å². The number of hydrogen-bond donors (Lipinski definition) is 1. The van der Waals surface area contributed by atoms with Crippen LogP contribution in [-0.4, -0.2) is 28.6 Å². The van der Waals surface area contributed by atoms with Gasteiger partial charge in [-0.1, -0.05) is 36.4 Å². The minimum absolute atomic E-state index is 0.0136. The van der Waals surface area contributed by atoms with E-state index in [1.807, 2.05) is 51.9 Å². The number of nitrogens with one attached hydrogen (secondary N) is 1. The molecule has 1 N–H and O–H groups in total. The average molecular weight is 323 g/mol. The molecule has 1 fully saturated rings. The smallest absolute Gasteiger partial charge is 0.317 e. The Hall–Kier alpha value is -2.56. The predicted octanol–water partition coefficient (Wildman–Crippen LogP) is 2.18. The summed E-state index contributed by atoms with van der Waals surface area (Å²) < 4.78 is 1.89. The van der Waals surface area contributed by atoms with E-state index in [4.69, 9.17) is 0 Å². The fourth-order valence-corrected chi connectivity index (χ4v) is 3.95. The largest absolute Gasteiger partial charge is 0.334 e. The number of benzene rings is 1. The van der Waals surface area contributed by atoms with Crippen LogP contribution in [0.1, 0.15) is 23.6 Å². The van der Waals surface area contributed by atoms with Crippen LogP contribution in [0.4, 0.5) is 4.79 Å². The van der Waals surface area contributed by atoms with Crippen molar-refractivity contribution in [2.75, 3.05) is 13.1 Å². The fourth-order valence-electron chi connectivity index (χ4n) is 3.95. The van der Waals surface area contributed by atoms with Crippen molar-refractivity contribution in [2.45, 2.75) is 25.4 Å². The first-order valence-electron chi connectivity index (χ1n) is 8.47. The van der Waals surface area contributed by atoms with Gasteiger partial charge in [0.25, 0.3) is 5.56 Å². The first-order valence-corrected chi connectivity index (χ1v) is 8.47. The van der Waals surface area contributed by atoms with Gasteiger partial charge >= 0.3 is 6.03 Å². The van der Waals surface area contributed by atoms with Gasteiger partial charge in [0.1, 0.15) is 0 Å². The van der Waals surface area contributed by atoms with Gasteiger partial charge < -0.3 is 14.8 Å². The highest BCUT2D eigenvalue weighted by Gasteiger charge is 2.36. The van der Waals surface area contributed by atoms with E-state index in [0.717, 1.165) is 24.2 Å². The van der Waals surface area contributed by atoms with Crippen molar-refractivity contribution in [3.63, 3.8) is 0 Å². The van der Waals surface area contributed by atoms with E-state index in [0.29, 0.717) is 25.6 Å². The highest BCUT2D eigenvalue weighted by Crippen LogP contribution is 2.34. The zero-order chi connectivity index (χ0) is 16.5. The SMILES string of the molecule is O=C(NCc1ccccc1)N1C[C@H]2C[C@@H](C1)c1cccc(=O)n1C2. The molecule has 2 aliphatic heterocycles. The van der Waals surface area contributed by atoms with Gasteiger partial charge in [-0.05, 0) is 24.0 Å². The summed E-state index contributed by atoms with van der Waals surface area (Å²) in [6.07, 6.45) is 1.06. The zero-order valence-electron chi connectivity index (χ0n) is 13.5. The number of pyridine rings is 1. The maximum Gasteiger partial charge on any atom is 0.317 e. The third-order valence-electron chi connectivity index (χ3n) is 5.05. The summed E-state index contributed by atoms with van der Waals surface area (Å²) in [4.78, 5) is 26.5. The van der Waals surface area contributed by atoms with Crippen molar-refractivity contribution in [1.29, 1.82) is 0 Å². The summed E-state index contributed by atoms with van der Waals surface area (Å²) in [6, 6.07) is 15.4. The molecule has 0 radical (unpaired) electrons. The number of rotatable bonds is 2. The lowest BCUT2D eigenvalue weighted by atomic mass is 9.83. The molecule has 24 heavy (non-hydrogen) atoms. The molecule has 5 nitrogen and oxygen atoms in total. The Morgan fingerprint density at radius 2 is 1.88 bits per heavy atom. The number of piperidine rings is 1. The molecule has 1 aromatic carbocycles. The Labute approximate surface area is 140 Å². The highest BCUT2D eigenvalue weighted by molar-refractivity contribution is 5.74. The summed E-state index contributed by atoms with van der Waals surface area (Å²) in [6.45, 7) is 2.66. The molecule has 1 saturated heterocycles. The third-order valence-corrected chi connectivity index (χ3v) is 5.05. The van der Waals surface area contributed by atoms with Gasteiger partial charge in [-0.15, -0.1) is 0 Å². The predicted molar refractivity (Wildman–Crippen MR) is 91.8 cm³/mol. The van der Waals surface area contributed by atoms with Crippen molar-refractivity contribution in [3.05, 3.63) is 70.1 Å². The first kappa shape index (κ1) is 15.0. The van der Waals surface area contributed by atoms with Crippen LogP contribution in [0.2, 0.25) is 0 Å². The number of aromatic nitrogens is 1. The van der Waals surface area contributed by atoms with Crippen molar-refractivity contribution < 1.29 is 4.79 Å². The minimum atomic E-state index is -0.0136. The van der Waals surface area contributed by atoms with Crippen LogP contribution in [0.3, 0.4) is 0 Å². The van der Waals surface area contributed by atoms with Crippen LogP contribution >= 0.6 is 0 Å². The number of carbonyl (C=O) groups is 1. The molecule has 124 valence electrons. The van der Waals surface area contributed by atoms with Crippen LogP contribution in [0, 0.1) is 5.92 Å². The van der Waals surface area contributed by atoms with Gasteiger partial charge in [-0.3, -0.25) is 4.79 Å². The second-order valence-corrected chi connectivity index (χ2v) is 6.75. The molecule has 5 heteroatoms. The van der Waals surface area contributed by atoms with E-state index in [9.17, 15) is 9.59 Å². The van der Waals surface area contributed by atoms with E-state index in [1.54, 1.807) is 6.07 Å². The van der Waals surface area contributed by atoms with Gasteiger partial charge in [0.2, 0.25) is 0 Å². The van der Waals surface area contributed by atoms with Crippen molar-refractivity contribution in [1.82, 2.24) is 14.8 Å². The molecule has 0 aliphatic carbocycles. The van der Waals surface area contributed by atoms with E-state index >= 15 is 0 Å². The Balaban J connectivity index is 1.46. The molecule has 0 saturated carbocycles. The number of likely N-dealkylation sites (tertiary alicyclic amines) is 1. The Kier molecular flexibility index (Phi) is 3.84. The summed E-state index contributed by atoms with van der Waals surface area (Å²) in [7, 11) is 0. The number of fused-ring (bicyclic) bond motifs is 4. The molecule has 2 bridgehead atoms. The molecule has 0 spiro atoms. The molecule has 2 aliphatic rings. The molecule has 2 atom stereocenters. The van der Waals surface area contributed by atoms with Crippen LogP contribution in [0.25, 0.3) is 0 Å². The maximum absolute atomic E-state index is 12.5. The molecule has 4 rings (SSSR count). The number of carbonyl (C=O) groups excluding carboxylic acids is 1. The molecule has 2 amide bonds. The number of amides is 2. The molecule has 0 unspecified atom stereocenters. The van der Waals surface area contributed by atoms with Gasteiger partial charge in [-0.2, -0.15) is 0 Å². The quantitative estimate of drug-likeness (QED) is 0.921. The molecule has 2 aromatic rings. The van der Waals surface area contributed by atoms with E-state index < -0.39 is 0 Å². The van der Waals surface area contributed by atoms with Crippen LogP contribution in [0.15, 0.2) is 53.3 Å². The number of nitrogens with zero attached hydrogens (tertiary/aromatic N) is 2. The lowest BCUT2D eigenvalue weighted by molar-refractivity contribution is 0.131. The van der Waals surface area contributed by atoms with Crippen LogP contribution in [-0.2, 0) is 13.1 Å². The molecular weight excluding hydrogens is 302 g/mol. The van der Waals surface area contributed by atoms with E-state index in [1.165, 1.54) is 0 Å². The van der Waals surface area contributed by atoms with Crippen molar-refractivity contribution >= 4 is 6.03 Å². The summed E-state index contributed by atoms with van der Waals surface area (Å²) in [5.41, 5.74) is 2.24. The van der Waals surface area contributed by atoms with E-state index in [-0.39, 0.29) is 17.5 Å². The molecule has 1 aromatic heterocycles. The monoisotopic (exact) mass is 323 g/mol. The Bertz CT molecular complexity index is 800. The van der Waals surface area contributed by atoms with Gasteiger partial charge in [0, 0.05) is 43.9 Å². The van der Waals surface area contributed by atoms with E-state index in [2.05, 4.69) is 5.32 Å². The van der Waals surface area contributed by atoms with Crippen molar-refractivity contribution in [3.8, 4) is 0 Å². The minimum Gasteiger partial charge on any atom is -0.334 e. The van der Waals surface area contributed by atoms with Gasteiger partial charge in [0.15, 0.2) is 0 Å². The van der Waals surface area contributed by atoms with Crippen LogP contribution in [0.5, 0.6) is 0 Å². The lowest BCUT2D eigenvalue weighted by Gasteiger charge is -2.42. The fraction of sp³-hybridized carbons (Fsp3) is 0.368. The first-order chi connectivity index (χ1) is 11.7. The number of hydrogen-bond acceptors (Lipinski definition) is 2. The lowest BCUT2D eigenvalue weighted by Crippen LogP contribution is -2.51. The average Bonchev–Trinajstić information content (AvgIpc) is 2.61. The normalized spacial score (nSPS) is 21.9. The standard InChI is InChI=1S/C19H21N3O2/c23-18-8-4-7-17-16-9-15(12-22(17)18)11-21(13-16)19(24)20-10-14-5-2-1-3-6-14/h1-8,15-16H,9-13H2,(H,20,24)/t15-,16+/m1/s1. The van der Waals surface area contributed by atoms with Crippen molar-refractivity contribution in [2.24, 2.45) is 5.92 Å². The highest BCUT2D eigenvalue weighted by atomic mass is 16.2. The summed E-state index contributed by atoms with van der Waals surface area (Å²) >= 11 is 0. The van der Waals surface area contributed by atoms with Crippen LogP contribution < -0.4 is 10.9 Å². The topological polar surface area (TPSA) is 54.3 Å². The second kappa shape index (κ2) is 6.15. The number of urea groups is 1. The maximum atomic E-state index is 12.5. The summed E-state index contributed by atoms with van der Waals surface area (Å²) in [5.74, 6) is 0.618. The Morgan fingerprint density at radius 1 is 1.04 bits per heavy atom. The Morgan fingerprint density at radius 3 is 2.71 bits per heavy atom. The zero-order valence-corrected chi connectivity index (χ0v) is 13.5. The molecule has 3 heterocycles. The van der Waals surface area contributed by atoms with Gasteiger partial charge in [-0.25, -0.2) is 4.79 Å². The second-order valence-electron chi connectivity index (χ2n) is 6.75. The third kappa shape index (κ3) is 2.82. The molecular formula is C19H21N3O2. The summed E-state index contributed by atoms with van der Waals surface area (Å²) in [5, 5.41) is 3.01.